The van der Waals surface area contributed by atoms with E-state index in [1.165, 1.54) is 0 Å². The molecule has 1 unspecified atom stereocenters. The van der Waals surface area contributed by atoms with Crippen molar-refractivity contribution in [1.82, 2.24) is 4.90 Å². The number of amides is 1. The second kappa shape index (κ2) is 7.15. The molecule has 4 nitrogen and oxygen atoms in total. The van der Waals surface area contributed by atoms with Crippen LogP contribution in [0.4, 0.5) is 0 Å². The van der Waals surface area contributed by atoms with Crippen molar-refractivity contribution in [2.45, 2.75) is 39.2 Å². The fourth-order valence-corrected chi connectivity index (χ4v) is 1.43. The molecule has 0 heterocycles. The number of nitrogens with zero attached hydrogens (tertiary/aromatic N) is 1. The van der Waals surface area contributed by atoms with E-state index in [4.69, 9.17) is 0 Å². The summed E-state index contributed by atoms with van der Waals surface area (Å²) in [5.41, 5.74) is 0. The van der Waals surface area contributed by atoms with Gasteiger partial charge in [-0.3, -0.25) is 4.79 Å². The topological polar surface area (TPSA) is 54.5 Å². The Hall–Kier alpha value is -1.19. The molecule has 0 aromatic rings. The normalized spacial score (nSPS) is 12.3. The van der Waals surface area contributed by atoms with Gasteiger partial charge in [-0.25, -0.2) is 0 Å². The summed E-state index contributed by atoms with van der Waals surface area (Å²) in [6.07, 6.45) is 2.83. The highest BCUT2D eigenvalue weighted by Crippen LogP contribution is 2.11. The van der Waals surface area contributed by atoms with Gasteiger partial charge in [-0.2, -0.15) is 0 Å². The number of carbonyl (C=O) groups is 3. The van der Waals surface area contributed by atoms with E-state index in [2.05, 4.69) is 0 Å². The summed E-state index contributed by atoms with van der Waals surface area (Å²) >= 11 is 0. The molecule has 0 saturated carbocycles. The third kappa shape index (κ3) is 4.72. The lowest BCUT2D eigenvalue weighted by Gasteiger charge is -2.27. The Morgan fingerprint density at radius 3 is 2.27 bits per heavy atom. The summed E-state index contributed by atoms with van der Waals surface area (Å²) in [5, 5.41) is 0. The summed E-state index contributed by atoms with van der Waals surface area (Å²) in [6.45, 7) is 3.63. The Labute approximate surface area is 90.6 Å². The molecule has 0 aliphatic carbocycles. The van der Waals surface area contributed by atoms with Gasteiger partial charge in [0, 0.05) is 31.8 Å². The van der Waals surface area contributed by atoms with Crippen LogP contribution in [0.5, 0.6) is 0 Å². The average molecular weight is 213 g/mol. The van der Waals surface area contributed by atoms with Crippen molar-refractivity contribution in [3.05, 3.63) is 0 Å². The Balaban J connectivity index is 4.38. The molecule has 0 fully saturated rings. The lowest BCUT2D eigenvalue weighted by molar-refractivity contribution is -0.136. The molecule has 0 aliphatic heterocycles. The smallest absolute Gasteiger partial charge is 0.225 e. The van der Waals surface area contributed by atoms with Gasteiger partial charge in [0.15, 0.2) is 0 Å². The zero-order valence-corrected chi connectivity index (χ0v) is 9.60. The Morgan fingerprint density at radius 1 is 1.27 bits per heavy atom. The van der Waals surface area contributed by atoms with Gasteiger partial charge in [0.1, 0.15) is 12.6 Å². The number of hydrogen-bond acceptors (Lipinski definition) is 3. The maximum atomic E-state index is 11.6. The van der Waals surface area contributed by atoms with E-state index in [1.54, 1.807) is 11.9 Å². The van der Waals surface area contributed by atoms with E-state index in [9.17, 15) is 14.4 Å². The van der Waals surface area contributed by atoms with Crippen LogP contribution in [-0.4, -0.2) is 36.5 Å². The predicted octanol–water partition coefficient (Wildman–Crippen LogP) is 1.04. The van der Waals surface area contributed by atoms with E-state index >= 15 is 0 Å². The zero-order valence-electron chi connectivity index (χ0n) is 9.60. The molecule has 0 aliphatic rings. The maximum absolute atomic E-state index is 11.6. The Kier molecular flexibility index (Phi) is 6.58. The first-order valence-corrected chi connectivity index (χ1v) is 5.18. The van der Waals surface area contributed by atoms with Crippen LogP contribution in [-0.2, 0) is 14.4 Å². The lowest BCUT2D eigenvalue weighted by Crippen LogP contribution is -2.39. The van der Waals surface area contributed by atoms with Gasteiger partial charge >= 0.3 is 0 Å². The summed E-state index contributed by atoms with van der Waals surface area (Å²) < 4.78 is 0. The van der Waals surface area contributed by atoms with Gasteiger partial charge in [0.05, 0.1) is 0 Å². The second-order valence-electron chi connectivity index (χ2n) is 3.90. The molecule has 0 rings (SSSR count). The van der Waals surface area contributed by atoms with Crippen LogP contribution in [0.2, 0.25) is 0 Å². The van der Waals surface area contributed by atoms with Crippen molar-refractivity contribution < 1.29 is 14.4 Å². The summed E-state index contributed by atoms with van der Waals surface area (Å²) in [7, 11) is 1.68. The standard InChI is InChI=1S/C11H19NO3/c1-9(2)11(15)12(3)10(6-8-14)5-4-7-13/h7-10H,4-6H2,1-3H3. The van der Waals surface area contributed by atoms with Crippen LogP contribution < -0.4 is 0 Å². The Bertz CT molecular complexity index is 226. The molecular weight excluding hydrogens is 194 g/mol. The first-order chi connectivity index (χ1) is 7.04. The van der Waals surface area contributed by atoms with Gasteiger partial charge < -0.3 is 14.5 Å². The summed E-state index contributed by atoms with van der Waals surface area (Å²) in [5.74, 6) is -0.0758. The third-order valence-electron chi connectivity index (χ3n) is 2.38. The van der Waals surface area contributed by atoms with Gasteiger partial charge in [-0.05, 0) is 6.42 Å². The molecule has 0 N–H and O–H groups in total. The van der Waals surface area contributed by atoms with Crippen LogP contribution >= 0.6 is 0 Å². The van der Waals surface area contributed by atoms with Crippen LogP contribution in [0.3, 0.4) is 0 Å². The zero-order chi connectivity index (χ0) is 11.8. The highest BCUT2D eigenvalue weighted by atomic mass is 16.2. The molecular formula is C11H19NO3. The van der Waals surface area contributed by atoms with E-state index in [0.717, 1.165) is 12.6 Å². The average Bonchev–Trinajstić information content (AvgIpc) is 2.22. The maximum Gasteiger partial charge on any atom is 0.225 e. The Morgan fingerprint density at radius 2 is 1.87 bits per heavy atom. The highest BCUT2D eigenvalue weighted by Gasteiger charge is 2.21. The largest absolute Gasteiger partial charge is 0.342 e. The van der Waals surface area contributed by atoms with Crippen molar-refractivity contribution in [3.8, 4) is 0 Å². The fourth-order valence-electron chi connectivity index (χ4n) is 1.43. The molecule has 0 spiro atoms. The number of aldehydes is 2. The quantitative estimate of drug-likeness (QED) is 0.594. The van der Waals surface area contributed by atoms with E-state index in [-0.39, 0.29) is 17.9 Å². The van der Waals surface area contributed by atoms with Crippen molar-refractivity contribution in [2.75, 3.05) is 7.05 Å². The minimum Gasteiger partial charge on any atom is -0.342 e. The minimum absolute atomic E-state index is 0.00717. The molecule has 4 heteroatoms. The molecule has 15 heavy (non-hydrogen) atoms. The molecule has 1 atom stereocenters. The molecule has 0 bridgehead atoms. The number of carbonyl (C=O) groups excluding carboxylic acids is 3. The minimum atomic E-state index is -0.150. The van der Waals surface area contributed by atoms with Gasteiger partial charge in [0.2, 0.25) is 5.91 Å². The van der Waals surface area contributed by atoms with Gasteiger partial charge in [-0.1, -0.05) is 13.8 Å². The third-order valence-corrected chi connectivity index (χ3v) is 2.38. The molecule has 86 valence electrons. The van der Waals surface area contributed by atoms with E-state index < -0.39 is 0 Å². The molecule has 0 radical (unpaired) electrons. The molecule has 0 aromatic carbocycles. The lowest BCUT2D eigenvalue weighted by atomic mass is 10.1. The molecule has 1 amide bonds. The van der Waals surface area contributed by atoms with E-state index in [0.29, 0.717) is 19.3 Å². The molecule has 0 aromatic heterocycles. The first-order valence-electron chi connectivity index (χ1n) is 5.18. The highest BCUT2D eigenvalue weighted by molar-refractivity contribution is 5.78. The van der Waals surface area contributed by atoms with Crippen molar-refractivity contribution in [2.24, 2.45) is 5.92 Å². The van der Waals surface area contributed by atoms with Crippen LogP contribution in [0.1, 0.15) is 33.1 Å². The predicted molar refractivity (Wildman–Crippen MR) is 57.4 cm³/mol. The number of hydrogen-bond donors (Lipinski definition) is 0. The monoisotopic (exact) mass is 213 g/mol. The van der Waals surface area contributed by atoms with Crippen molar-refractivity contribution in [1.29, 1.82) is 0 Å². The molecule has 0 saturated heterocycles. The first kappa shape index (κ1) is 13.8. The number of rotatable bonds is 7. The van der Waals surface area contributed by atoms with Crippen LogP contribution in [0, 0.1) is 5.92 Å². The van der Waals surface area contributed by atoms with Crippen molar-refractivity contribution >= 4 is 18.5 Å². The van der Waals surface area contributed by atoms with Crippen molar-refractivity contribution in [3.63, 3.8) is 0 Å². The SMILES string of the molecule is CC(C)C(=O)N(C)C(CC=O)CCC=O. The van der Waals surface area contributed by atoms with Gasteiger partial charge in [-0.15, -0.1) is 0 Å². The van der Waals surface area contributed by atoms with Crippen LogP contribution in [0.25, 0.3) is 0 Å². The summed E-state index contributed by atoms with van der Waals surface area (Å²) in [6, 6.07) is -0.150. The van der Waals surface area contributed by atoms with Gasteiger partial charge in [0.25, 0.3) is 0 Å². The second-order valence-corrected chi connectivity index (χ2v) is 3.90. The van der Waals surface area contributed by atoms with Crippen LogP contribution in [0.15, 0.2) is 0 Å². The fraction of sp³-hybridized carbons (Fsp3) is 0.727. The summed E-state index contributed by atoms with van der Waals surface area (Å²) in [4.78, 5) is 33.9. The van der Waals surface area contributed by atoms with E-state index in [1.807, 2.05) is 13.8 Å².